The van der Waals surface area contributed by atoms with E-state index in [9.17, 15) is 4.79 Å². The number of nitrogens with one attached hydrogen (secondary N) is 1. The minimum atomic E-state index is 0.191. The molecule has 0 aliphatic rings. The number of hydrogen-bond donors (Lipinski definition) is 1. The molecule has 1 aromatic carbocycles. The van der Waals surface area contributed by atoms with Crippen LogP contribution in [0.1, 0.15) is 24.5 Å². The molecule has 1 rings (SSSR count). The molecule has 0 aliphatic heterocycles. The zero-order chi connectivity index (χ0) is 13.5. The van der Waals surface area contributed by atoms with E-state index >= 15 is 0 Å². The van der Waals surface area contributed by atoms with E-state index < -0.39 is 0 Å². The van der Waals surface area contributed by atoms with Gasteiger partial charge >= 0.3 is 0 Å². The number of rotatable bonds is 7. The van der Waals surface area contributed by atoms with Crippen LogP contribution >= 0.6 is 0 Å². The van der Waals surface area contributed by atoms with Crippen molar-refractivity contribution in [3.05, 3.63) is 23.3 Å². The molecule has 0 radical (unpaired) electrons. The first-order chi connectivity index (χ1) is 8.58. The van der Waals surface area contributed by atoms with E-state index in [1.54, 1.807) is 21.1 Å². The molecule has 0 amide bonds. The number of ketones is 1. The van der Waals surface area contributed by atoms with Crippen LogP contribution in [0, 0.1) is 6.92 Å². The Balaban J connectivity index is 2.70. The highest BCUT2D eigenvalue weighted by atomic mass is 16.5. The van der Waals surface area contributed by atoms with Gasteiger partial charge in [-0.1, -0.05) is 0 Å². The van der Waals surface area contributed by atoms with Crippen molar-refractivity contribution in [1.29, 1.82) is 0 Å². The van der Waals surface area contributed by atoms with Gasteiger partial charge in [0.15, 0.2) is 0 Å². The highest BCUT2D eigenvalue weighted by molar-refractivity contribution is 5.75. The number of carbonyl (C=O) groups is 1. The molecule has 18 heavy (non-hydrogen) atoms. The summed E-state index contributed by atoms with van der Waals surface area (Å²) in [6.07, 6.45) is 0.547. The predicted molar refractivity (Wildman–Crippen MR) is 71.3 cm³/mol. The van der Waals surface area contributed by atoms with E-state index in [0.29, 0.717) is 19.5 Å². The number of carbonyl (C=O) groups excluding carboxylic acids is 1. The average Bonchev–Trinajstić information content (AvgIpc) is 2.35. The van der Waals surface area contributed by atoms with E-state index in [2.05, 4.69) is 5.32 Å². The Morgan fingerprint density at radius 1 is 1.22 bits per heavy atom. The van der Waals surface area contributed by atoms with Crippen LogP contribution in [0.3, 0.4) is 0 Å². The summed E-state index contributed by atoms with van der Waals surface area (Å²) < 4.78 is 10.6. The minimum absolute atomic E-state index is 0.191. The van der Waals surface area contributed by atoms with Crippen molar-refractivity contribution < 1.29 is 14.3 Å². The van der Waals surface area contributed by atoms with Gasteiger partial charge in [0.25, 0.3) is 0 Å². The predicted octanol–water partition coefficient (Wildman–Crippen LogP) is 2.08. The third-order valence-electron chi connectivity index (χ3n) is 2.77. The molecule has 0 heterocycles. The van der Waals surface area contributed by atoms with Crippen molar-refractivity contribution in [3.63, 3.8) is 0 Å². The Hall–Kier alpha value is -1.55. The fourth-order valence-corrected chi connectivity index (χ4v) is 1.74. The lowest BCUT2D eigenvalue weighted by atomic mass is 10.1. The van der Waals surface area contributed by atoms with E-state index in [1.807, 2.05) is 19.1 Å². The van der Waals surface area contributed by atoms with Gasteiger partial charge < -0.3 is 14.8 Å². The first-order valence-electron chi connectivity index (χ1n) is 6.00. The number of methoxy groups -OCH3 is 2. The van der Waals surface area contributed by atoms with Gasteiger partial charge in [0.2, 0.25) is 0 Å². The van der Waals surface area contributed by atoms with E-state index in [-0.39, 0.29) is 5.78 Å². The molecule has 4 heteroatoms. The number of ether oxygens (including phenoxy) is 2. The SMILES string of the molecule is COc1cc(CNCCC(C)=O)c(OC)cc1C. The number of benzene rings is 1. The molecule has 0 bridgehead atoms. The molecule has 0 saturated carbocycles. The summed E-state index contributed by atoms with van der Waals surface area (Å²) in [5, 5.41) is 3.22. The lowest BCUT2D eigenvalue weighted by Gasteiger charge is -2.13. The van der Waals surface area contributed by atoms with Crippen molar-refractivity contribution >= 4 is 5.78 Å². The molecule has 0 unspecified atom stereocenters. The van der Waals surface area contributed by atoms with Gasteiger partial charge in [-0.3, -0.25) is 4.79 Å². The first-order valence-corrected chi connectivity index (χ1v) is 6.00. The molecule has 0 fully saturated rings. The fourth-order valence-electron chi connectivity index (χ4n) is 1.74. The van der Waals surface area contributed by atoms with Crippen molar-refractivity contribution in [2.75, 3.05) is 20.8 Å². The zero-order valence-corrected chi connectivity index (χ0v) is 11.5. The summed E-state index contributed by atoms with van der Waals surface area (Å²) in [6.45, 7) is 4.91. The average molecular weight is 251 g/mol. The Bertz CT molecular complexity index is 416. The lowest BCUT2D eigenvalue weighted by molar-refractivity contribution is -0.116. The van der Waals surface area contributed by atoms with Crippen molar-refractivity contribution in [1.82, 2.24) is 5.32 Å². The maximum atomic E-state index is 10.8. The molecular weight excluding hydrogens is 230 g/mol. The molecule has 1 aromatic rings. The molecule has 0 aromatic heterocycles. The summed E-state index contributed by atoms with van der Waals surface area (Å²) in [5.41, 5.74) is 2.07. The normalized spacial score (nSPS) is 10.2. The minimum Gasteiger partial charge on any atom is -0.496 e. The topological polar surface area (TPSA) is 47.6 Å². The smallest absolute Gasteiger partial charge is 0.131 e. The van der Waals surface area contributed by atoms with Crippen LogP contribution in [0.2, 0.25) is 0 Å². The van der Waals surface area contributed by atoms with Gasteiger partial charge in [-0.05, 0) is 31.5 Å². The van der Waals surface area contributed by atoms with Crippen LogP contribution < -0.4 is 14.8 Å². The van der Waals surface area contributed by atoms with Crippen molar-refractivity contribution in [3.8, 4) is 11.5 Å². The van der Waals surface area contributed by atoms with Crippen LogP contribution in [0.25, 0.3) is 0 Å². The van der Waals surface area contributed by atoms with E-state index in [0.717, 1.165) is 22.6 Å². The van der Waals surface area contributed by atoms with Gasteiger partial charge in [-0.25, -0.2) is 0 Å². The van der Waals surface area contributed by atoms with Gasteiger partial charge in [-0.15, -0.1) is 0 Å². The molecular formula is C14H21NO3. The summed E-state index contributed by atoms with van der Waals surface area (Å²) in [5.74, 6) is 1.87. The van der Waals surface area contributed by atoms with Gasteiger partial charge in [0.1, 0.15) is 17.3 Å². The fraction of sp³-hybridized carbons (Fsp3) is 0.500. The molecule has 0 atom stereocenters. The van der Waals surface area contributed by atoms with Crippen LogP contribution in [0.15, 0.2) is 12.1 Å². The summed E-state index contributed by atoms with van der Waals surface area (Å²) in [4.78, 5) is 10.8. The second kappa shape index (κ2) is 7.01. The van der Waals surface area contributed by atoms with Gasteiger partial charge in [0.05, 0.1) is 14.2 Å². The standard InChI is InChI=1S/C14H21NO3/c1-10-7-14(18-4)12(8-13(10)17-3)9-15-6-5-11(2)16/h7-8,15H,5-6,9H2,1-4H3. The second-order valence-corrected chi connectivity index (χ2v) is 4.26. The summed E-state index contributed by atoms with van der Waals surface area (Å²) >= 11 is 0. The van der Waals surface area contributed by atoms with E-state index in [4.69, 9.17) is 9.47 Å². The zero-order valence-electron chi connectivity index (χ0n) is 11.5. The monoisotopic (exact) mass is 251 g/mol. The van der Waals surface area contributed by atoms with Gasteiger partial charge in [0, 0.05) is 25.1 Å². The largest absolute Gasteiger partial charge is 0.496 e. The molecule has 0 spiro atoms. The van der Waals surface area contributed by atoms with Crippen molar-refractivity contribution in [2.24, 2.45) is 0 Å². The molecule has 0 aliphatic carbocycles. The number of aryl methyl sites for hydroxylation is 1. The molecule has 100 valence electrons. The maximum Gasteiger partial charge on any atom is 0.131 e. The van der Waals surface area contributed by atoms with Crippen LogP contribution in [-0.2, 0) is 11.3 Å². The summed E-state index contributed by atoms with van der Waals surface area (Å²) in [6, 6.07) is 3.93. The van der Waals surface area contributed by atoms with Crippen LogP contribution in [-0.4, -0.2) is 26.5 Å². The molecule has 1 N–H and O–H groups in total. The maximum absolute atomic E-state index is 10.8. The first kappa shape index (κ1) is 14.5. The van der Waals surface area contributed by atoms with Crippen molar-refractivity contribution in [2.45, 2.75) is 26.8 Å². The highest BCUT2D eigenvalue weighted by Crippen LogP contribution is 2.28. The molecule has 4 nitrogen and oxygen atoms in total. The quantitative estimate of drug-likeness (QED) is 0.754. The third kappa shape index (κ3) is 4.04. The molecule has 0 saturated heterocycles. The van der Waals surface area contributed by atoms with E-state index in [1.165, 1.54) is 0 Å². The Morgan fingerprint density at radius 3 is 2.44 bits per heavy atom. The Kier molecular flexibility index (Phi) is 5.65. The third-order valence-corrected chi connectivity index (χ3v) is 2.77. The summed E-state index contributed by atoms with van der Waals surface area (Å²) in [7, 11) is 3.31. The Labute approximate surface area is 108 Å². The lowest BCUT2D eigenvalue weighted by Crippen LogP contribution is -2.17. The Morgan fingerprint density at radius 2 is 1.89 bits per heavy atom. The second-order valence-electron chi connectivity index (χ2n) is 4.26. The van der Waals surface area contributed by atoms with Crippen LogP contribution in [0.4, 0.5) is 0 Å². The highest BCUT2D eigenvalue weighted by Gasteiger charge is 2.08. The number of Topliss-reactive ketones (excluding diaryl/α,β-unsaturated/α-hetero) is 1. The van der Waals surface area contributed by atoms with Gasteiger partial charge in [-0.2, -0.15) is 0 Å². The van der Waals surface area contributed by atoms with Crippen LogP contribution in [0.5, 0.6) is 11.5 Å². The number of hydrogen-bond acceptors (Lipinski definition) is 4.